The van der Waals surface area contributed by atoms with Crippen LogP contribution < -0.4 is 0 Å². The van der Waals surface area contributed by atoms with E-state index in [0.717, 1.165) is 30.2 Å². The Morgan fingerprint density at radius 3 is 3.00 bits per heavy atom. The van der Waals surface area contributed by atoms with Crippen LogP contribution in [0.15, 0.2) is 23.2 Å². The van der Waals surface area contributed by atoms with E-state index in [2.05, 4.69) is 35.5 Å². The van der Waals surface area contributed by atoms with Crippen LogP contribution in [0.2, 0.25) is 0 Å². The van der Waals surface area contributed by atoms with E-state index in [1.807, 2.05) is 6.08 Å². The van der Waals surface area contributed by atoms with Crippen molar-refractivity contribution in [2.24, 2.45) is 11.3 Å². The average molecular weight is 299 g/mol. The van der Waals surface area contributed by atoms with E-state index in [-0.39, 0.29) is 11.0 Å². The molecule has 2 aliphatic carbocycles. The topological polar surface area (TPSA) is 18.5 Å². The van der Waals surface area contributed by atoms with Crippen LogP contribution in [-0.2, 0) is 9.47 Å². The van der Waals surface area contributed by atoms with E-state index in [9.17, 15) is 0 Å². The standard InChI is InChI=1S/C14H19BrO2/c1-4-14-11(15)6-5-10-9-13(16-3,17-14)8-7-12(10,14)2/h4,6,10H,1,5,7-9H2,2-3H3/t10-,12+,13?,14-/m1/s1. The molecule has 0 radical (unpaired) electrons. The van der Waals surface area contributed by atoms with Crippen LogP contribution in [0.4, 0.5) is 0 Å². The molecule has 4 rings (SSSR count). The molecule has 0 amide bonds. The van der Waals surface area contributed by atoms with E-state index < -0.39 is 5.79 Å². The third-order valence-electron chi connectivity index (χ3n) is 5.27. The highest BCUT2D eigenvalue weighted by molar-refractivity contribution is 9.11. The van der Waals surface area contributed by atoms with Gasteiger partial charge in [-0.3, -0.25) is 0 Å². The van der Waals surface area contributed by atoms with Crippen molar-refractivity contribution in [1.82, 2.24) is 0 Å². The van der Waals surface area contributed by atoms with Gasteiger partial charge in [-0.2, -0.15) is 0 Å². The number of hydrogen-bond donors (Lipinski definition) is 0. The predicted octanol–water partition coefficient (Wildman–Crippen LogP) is 3.77. The van der Waals surface area contributed by atoms with Gasteiger partial charge in [0.2, 0.25) is 0 Å². The Labute approximate surface area is 111 Å². The van der Waals surface area contributed by atoms with Crippen molar-refractivity contribution in [1.29, 1.82) is 0 Å². The van der Waals surface area contributed by atoms with Gasteiger partial charge in [-0.1, -0.05) is 41.6 Å². The molecule has 0 spiro atoms. The van der Waals surface area contributed by atoms with Crippen molar-refractivity contribution in [2.45, 2.75) is 44.0 Å². The largest absolute Gasteiger partial charge is 0.353 e. The Bertz CT molecular complexity index is 405. The van der Waals surface area contributed by atoms with Crippen LogP contribution in [0.5, 0.6) is 0 Å². The van der Waals surface area contributed by atoms with Crippen molar-refractivity contribution >= 4 is 15.9 Å². The zero-order valence-corrected chi connectivity index (χ0v) is 12.0. The molecule has 3 fully saturated rings. The molecule has 3 heteroatoms. The second-order valence-electron chi connectivity index (χ2n) is 5.76. The number of fused-ring (bicyclic) bond motifs is 1. The van der Waals surface area contributed by atoms with Crippen LogP contribution >= 0.6 is 15.9 Å². The molecule has 94 valence electrons. The lowest BCUT2D eigenvalue weighted by atomic mass is 9.51. The molecule has 0 aromatic carbocycles. The molecule has 2 heterocycles. The molecule has 2 nitrogen and oxygen atoms in total. The third-order valence-corrected chi connectivity index (χ3v) is 6.19. The van der Waals surface area contributed by atoms with Crippen molar-refractivity contribution in [3.8, 4) is 0 Å². The molecule has 2 saturated heterocycles. The van der Waals surface area contributed by atoms with Crippen LogP contribution in [0.3, 0.4) is 0 Å². The Hall–Kier alpha value is -0.120. The predicted molar refractivity (Wildman–Crippen MR) is 70.8 cm³/mol. The lowest BCUT2D eigenvalue weighted by Gasteiger charge is -2.66. The smallest absolute Gasteiger partial charge is 0.169 e. The normalized spacial score (nSPS) is 52.2. The lowest BCUT2D eigenvalue weighted by Crippen LogP contribution is -2.68. The molecule has 2 aliphatic heterocycles. The van der Waals surface area contributed by atoms with Gasteiger partial charge in [0.05, 0.1) is 0 Å². The third kappa shape index (κ3) is 1.23. The van der Waals surface area contributed by atoms with E-state index in [1.165, 1.54) is 0 Å². The Morgan fingerprint density at radius 1 is 1.59 bits per heavy atom. The first-order valence-electron chi connectivity index (χ1n) is 6.27. The summed E-state index contributed by atoms with van der Waals surface area (Å²) in [6, 6.07) is 0. The number of rotatable bonds is 2. The minimum absolute atomic E-state index is 0.155. The van der Waals surface area contributed by atoms with Crippen molar-refractivity contribution in [2.75, 3.05) is 7.11 Å². The number of allylic oxidation sites excluding steroid dienone is 1. The van der Waals surface area contributed by atoms with Gasteiger partial charge in [0.25, 0.3) is 0 Å². The molecule has 0 N–H and O–H groups in total. The molecule has 1 unspecified atom stereocenters. The van der Waals surface area contributed by atoms with Crippen molar-refractivity contribution in [3.63, 3.8) is 0 Å². The number of halogens is 1. The number of methoxy groups -OCH3 is 1. The first kappa shape index (κ1) is 11.9. The molecular formula is C14H19BrO2. The summed E-state index contributed by atoms with van der Waals surface area (Å²) in [5, 5.41) is 0. The fraction of sp³-hybridized carbons (Fsp3) is 0.714. The van der Waals surface area contributed by atoms with E-state index >= 15 is 0 Å². The Balaban J connectivity index is 2.17. The Kier molecular flexibility index (Phi) is 2.43. The van der Waals surface area contributed by atoms with Gasteiger partial charge in [-0.25, -0.2) is 0 Å². The monoisotopic (exact) mass is 298 g/mol. The van der Waals surface area contributed by atoms with Crippen LogP contribution in [0, 0.1) is 11.3 Å². The average Bonchev–Trinajstić information content (AvgIpc) is 2.34. The van der Waals surface area contributed by atoms with Gasteiger partial charge in [-0.15, -0.1) is 0 Å². The van der Waals surface area contributed by atoms with Gasteiger partial charge in [-0.05, 0) is 18.8 Å². The fourth-order valence-corrected chi connectivity index (χ4v) is 4.89. The molecule has 17 heavy (non-hydrogen) atoms. The van der Waals surface area contributed by atoms with E-state index in [4.69, 9.17) is 9.47 Å². The molecule has 0 aromatic heterocycles. The summed E-state index contributed by atoms with van der Waals surface area (Å²) in [5.74, 6) is 0.230. The maximum Gasteiger partial charge on any atom is 0.169 e. The maximum absolute atomic E-state index is 6.39. The summed E-state index contributed by atoms with van der Waals surface area (Å²) in [7, 11) is 1.76. The lowest BCUT2D eigenvalue weighted by molar-refractivity contribution is -0.363. The summed E-state index contributed by atoms with van der Waals surface area (Å²) < 4.78 is 13.2. The first-order chi connectivity index (χ1) is 8.02. The number of ether oxygens (including phenoxy) is 2. The second-order valence-corrected chi connectivity index (χ2v) is 6.62. The van der Waals surface area contributed by atoms with Crippen molar-refractivity contribution < 1.29 is 9.47 Å². The Morgan fingerprint density at radius 2 is 2.35 bits per heavy atom. The summed E-state index contributed by atoms with van der Waals surface area (Å²) in [6.07, 6.45) is 8.46. The number of hydrogen-bond acceptors (Lipinski definition) is 2. The fourth-order valence-electron chi connectivity index (χ4n) is 4.01. The first-order valence-corrected chi connectivity index (χ1v) is 7.06. The highest BCUT2D eigenvalue weighted by Gasteiger charge is 2.67. The molecule has 4 aliphatic rings. The van der Waals surface area contributed by atoms with Gasteiger partial charge in [0, 0.05) is 29.8 Å². The highest BCUT2D eigenvalue weighted by atomic mass is 79.9. The summed E-state index contributed by atoms with van der Waals surface area (Å²) >= 11 is 3.69. The van der Waals surface area contributed by atoms with Gasteiger partial charge < -0.3 is 9.47 Å². The molecule has 0 aromatic rings. The molecule has 1 saturated carbocycles. The maximum atomic E-state index is 6.39. The quantitative estimate of drug-likeness (QED) is 0.723. The van der Waals surface area contributed by atoms with E-state index in [0.29, 0.717) is 5.92 Å². The zero-order chi connectivity index (χ0) is 12.3. The molecule has 4 bridgehead atoms. The van der Waals surface area contributed by atoms with Crippen LogP contribution in [0.25, 0.3) is 0 Å². The van der Waals surface area contributed by atoms with Crippen LogP contribution in [-0.4, -0.2) is 18.5 Å². The summed E-state index contributed by atoms with van der Waals surface area (Å²) in [5.41, 5.74) is -0.231. The van der Waals surface area contributed by atoms with Crippen molar-refractivity contribution in [3.05, 3.63) is 23.2 Å². The molecule has 4 atom stereocenters. The summed E-state index contributed by atoms with van der Waals surface area (Å²) in [4.78, 5) is 0. The summed E-state index contributed by atoms with van der Waals surface area (Å²) in [6.45, 7) is 6.36. The van der Waals surface area contributed by atoms with Gasteiger partial charge in [0.15, 0.2) is 5.79 Å². The highest BCUT2D eigenvalue weighted by Crippen LogP contribution is 2.66. The SMILES string of the molecule is C=C[C@]12OC3(OC)CC[C@@]1(C)[C@H](CC=C2Br)C3. The minimum atomic E-state index is -0.399. The van der Waals surface area contributed by atoms with E-state index in [1.54, 1.807) is 7.11 Å². The van der Waals surface area contributed by atoms with Crippen LogP contribution in [0.1, 0.15) is 32.6 Å². The zero-order valence-electron chi connectivity index (χ0n) is 10.5. The molecular weight excluding hydrogens is 280 g/mol. The second kappa shape index (κ2) is 3.46. The van der Waals surface area contributed by atoms with Gasteiger partial charge in [0.1, 0.15) is 5.60 Å². The minimum Gasteiger partial charge on any atom is -0.353 e. The van der Waals surface area contributed by atoms with Gasteiger partial charge >= 0.3 is 0 Å².